The van der Waals surface area contributed by atoms with Crippen LogP contribution in [-0.2, 0) is 9.53 Å². The van der Waals surface area contributed by atoms with Crippen molar-refractivity contribution in [3.8, 4) is 0 Å². The first-order chi connectivity index (χ1) is 9.36. The molecular formula is C13H16F3NO3. The van der Waals surface area contributed by atoms with Gasteiger partial charge in [0.05, 0.1) is 18.6 Å². The Balaban J connectivity index is 2.26. The average Bonchev–Trinajstić information content (AvgIpc) is 2.37. The lowest BCUT2D eigenvalue weighted by Crippen LogP contribution is -2.43. The van der Waals surface area contributed by atoms with Gasteiger partial charge in [-0.3, -0.25) is 4.99 Å². The normalized spacial score (nSPS) is 30.1. The SMILES string of the molecule is CCOC(=O)C1=C(O)C2CCCC(C(F)(F)F)C2N=C1. The van der Waals surface area contributed by atoms with Crippen LogP contribution in [-0.4, -0.2) is 36.1 Å². The third kappa shape index (κ3) is 2.66. The summed E-state index contributed by atoms with van der Waals surface area (Å²) in [6.07, 6.45) is -2.59. The molecule has 1 fully saturated rings. The largest absolute Gasteiger partial charge is 0.511 e. The van der Waals surface area contributed by atoms with E-state index in [2.05, 4.69) is 4.99 Å². The molecule has 112 valence electrons. The van der Waals surface area contributed by atoms with E-state index in [0.29, 0.717) is 12.8 Å². The lowest BCUT2D eigenvalue weighted by atomic mass is 9.74. The number of fused-ring (bicyclic) bond motifs is 1. The number of aliphatic imine (C=N–C) groups is 1. The molecule has 0 amide bonds. The molecular weight excluding hydrogens is 275 g/mol. The molecule has 3 unspecified atom stereocenters. The van der Waals surface area contributed by atoms with Gasteiger partial charge in [-0.05, 0) is 19.8 Å². The van der Waals surface area contributed by atoms with Crippen LogP contribution >= 0.6 is 0 Å². The lowest BCUT2D eigenvalue weighted by Gasteiger charge is -2.38. The van der Waals surface area contributed by atoms with Crippen LogP contribution in [0.3, 0.4) is 0 Å². The Kier molecular flexibility index (Phi) is 4.06. The van der Waals surface area contributed by atoms with E-state index in [1.54, 1.807) is 6.92 Å². The minimum Gasteiger partial charge on any atom is -0.511 e. The number of ether oxygens (including phenoxy) is 1. The molecule has 1 saturated carbocycles. The van der Waals surface area contributed by atoms with Gasteiger partial charge in [-0.25, -0.2) is 4.79 Å². The van der Waals surface area contributed by atoms with Crippen LogP contribution in [0, 0.1) is 11.8 Å². The number of carbonyl (C=O) groups excluding carboxylic acids is 1. The number of alkyl halides is 3. The van der Waals surface area contributed by atoms with E-state index in [-0.39, 0.29) is 24.4 Å². The maximum absolute atomic E-state index is 13.0. The van der Waals surface area contributed by atoms with Crippen LogP contribution in [0.1, 0.15) is 26.2 Å². The van der Waals surface area contributed by atoms with Gasteiger partial charge in [0.25, 0.3) is 0 Å². The maximum Gasteiger partial charge on any atom is 0.393 e. The van der Waals surface area contributed by atoms with Gasteiger partial charge >= 0.3 is 12.1 Å². The van der Waals surface area contributed by atoms with E-state index in [1.165, 1.54) is 0 Å². The summed E-state index contributed by atoms with van der Waals surface area (Å²) < 4.78 is 43.6. The zero-order valence-corrected chi connectivity index (χ0v) is 11.0. The first kappa shape index (κ1) is 14.9. The van der Waals surface area contributed by atoms with Crippen LogP contribution in [0.4, 0.5) is 13.2 Å². The van der Waals surface area contributed by atoms with Crippen molar-refractivity contribution in [2.75, 3.05) is 6.61 Å². The van der Waals surface area contributed by atoms with Crippen LogP contribution < -0.4 is 0 Å². The van der Waals surface area contributed by atoms with Crippen molar-refractivity contribution in [1.82, 2.24) is 0 Å². The highest BCUT2D eigenvalue weighted by molar-refractivity contribution is 6.10. The summed E-state index contributed by atoms with van der Waals surface area (Å²) in [6.45, 7) is 1.74. The molecule has 20 heavy (non-hydrogen) atoms. The number of aliphatic hydroxyl groups is 1. The Morgan fingerprint density at radius 3 is 2.80 bits per heavy atom. The van der Waals surface area contributed by atoms with Crippen molar-refractivity contribution in [2.45, 2.75) is 38.4 Å². The molecule has 0 aromatic rings. The lowest BCUT2D eigenvalue weighted by molar-refractivity contribution is -0.190. The summed E-state index contributed by atoms with van der Waals surface area (Å²) >= 11 is 0. The monoisotopic (exact) mass is 291 g/mol. The van der Waals surface area contributed by atoms with Crippen LogP contribution in [0.15, 0.2) is 16.3 Å². The predicted molar refractivity (Wildman–Crippen MR) is 65.5 cm³/mol. The number of hydrogen-bond acceptors (Lipinski definition) is 4. The molecule has 0 spiro atoms. The Morgan fingerprint density at radius 2 is 2.20 bits per heavy atom. The molecule has 7 heteroatoms. The maximum atomic E-state index is 13.0. The van der Waals surface area contributed by atoms with Crippen molar-refractivity contribution < 1.29 is 27.8 Å². The van der Waals surface area contributed by atoms with Gasteiger partial charge in [0.2, 0.25) is 0 Å². The Hall–Kier alpha value is -1.53. The fourth-order valence-corrected chi connectivity index (χ4v) is 2.84. The summed E-state index contributed by atoms with van der Waals surface area (Å²) in [7, 11) is 0. The van der Waals surface area contributed by atoms with Crippen molar-refractivity contribution >= 4 is 12.2 Å². The van der Waals surface area contributed by atoms with Gasteiger partial charge in [-0.15, -0.1) is 0 Å². The third-order valence-corrected chi connectivity index (χ3v) is 3.77. The smallest absolute Gasteiger partial charge is 0.393 e. The van der Waals surface area contributed by atoms with Crippen LogP contribution in [0.5, 0.6) is 0 Å². The number of nitrogens with zero attached hydrogens (tertiary/aromatic N) is 1. The fraction of sp³-hybridized carbons (Fsp3) is 0.692. The second-order valence-electron chi connectivity index (χ2n) is 4.97. The quantitative estimate of drug-likeness (QED) is 0.796. The second-order valence-corrected chi connectivity index (χ2v) is 4.97. The number of aliphatic hydroxyl groups excluding tert-OH is 1. The molecule has 1 aliphatic heterocycles. The summed E-state index contributed by atoms with van der Waals surface area (Å²) in [6, 6.07) is -1.04. The molecule has 0 radical (unpaired) electrons. The molecule has 4 nitrogen and oxygen atoms in total. The van der Waals surface area contributed by atoms with Gasteiger partial charge in [-0.2, -0.15) is 13.2 Å². The first-order valence-electron chi connectivity index (χ1n) is 6.56. The topological polar surface area (TPSA) is 58.9 Å². The molecule has 1 aliphatic carbocycles. The average molecular weight is 291 g/mol. The van der Waals surface area contributed by atoms with Crippen molar-refractivity contribution in [3.05, 3.63) is 11.3 Å². The predicted octanol–water partition coefficient (Wildman–Crippen LogP) is 2.79. The minimum absolute atomic E-state index is 0.00399. The van der Waals surface area contributed by atoms with Crippen LogP contribution in [0.25, 0.3) is 0 Å². The van der Waals surface area contributed by atoms with E-state index in [9.17, 15) is 23.1 Å². The highest BCUT2D eigenvalue weighted by Gasteiger charge is 2.51. The zero-order valence-electron chi connectivity index (χ0n) is 11.0. The third-order valence-electron chi connectivity index (χ3n) is 3.77. The van der Waals surface area contributed by atoms with Gasteiger partial charge < -0.3 is 9.84 Å². The summed E-state index contributed by atoms with van der Waals surface area (Å²) in [5.41, 5.74) is -0.129. The number of carbonyl (C=O) groups is 1. The number of esters is 1. The molecule has 1 N–H and O–H groups in total. The van der Waals surface area contributed by atoms with Crippen molar-refractivity contribution in [2.24, 2.45) is 16.8 Å². The Labute approximate surface area is 114 Å². The number of hydrogen-bond donors (Lipinski definition) is 1. The zero-order chi connectivity index (χ0) is 14.9. The molecule has 0 bridgehead atoms. The molecule has 2 aliphatic rings. The number of halogens is 3. The van der Waals surface area contributed by atoms with Gasteiger partial charge in [-0.1, -0.05) is 6.42 Å². The fourth-order valence-electron chi connectivity index (χ4n) is 2.84. The first-order valence-corrected chi connectivity index (χ1v) is 6.56. The summed E-state index contributed by atoms with van der Waals surface area (Å²) in [5.74, 6) is -3.39. The summed E-state index contributed by atoms with van der Waals surface area (Å²) in [4.78, 5) is 15.5. The highest BCUT2D eigenvalue weighted by atomic mass is 19.4. The molecule has 2 rings (SSSR count). The number of dihydropyridines is 1. The molecule has 0 saturated heterocycles. The van der Waals surface area contributed by atoms with Crippen LogP contribution in [0.2, 0.25) is 0 Å². The van der Waals surface area contributed by atoms with E-state index in [1.807, 2.05) is 0 Å². The minimum atomic E-state index is -4.34. The van der Waals surface area contributed by atoms with E-state index >= 15 is 0 Å². The van der Waals surface area contributed by atoms with E-state index < -0.39 is 30.0 Å². The van der Waals surface area contributed by atoms with Gasteiger partial charge in [0.1, 0.15) is 11.3 Å². The second kappa shape index (κ2) is 5.46. The molecule has 0 aromatic carbocycles. The van der Waals surface area contributed by atoms with Crippen molar-refractivity contribution in [3.63, 3.8) is 0 Å². The summed E-state index contributed by atoms with van der Waals surface area (Å²) in [5, 5.41) is 10.1. The Bertz CT molecular complexity index is 456. The molecule has 0 aromatic heterocycles. The van der Waals surface area contributed by atoms with Crippen molar-refractivity contribution in [1.29, 1.82) is 0 Å². The Morgan fingerprint density at radius 1 is 1.50 bits per heavy atom. The van der Waals surface area contributed by atoms with E-state index in [0.717, 1.165) is 6.21 Å². The van der Waals surface area contributed by atoms with E-state index in [4.69, 9.17) is 4.74 Å². The standard InChI is InChI=1S/C13H16F3NO3/c1-2-20-12(19)8-6-17-10-7(11(8)18)4-3-5-9(10)13(14,15)16/h6-7,9-10,18H,2-5H2,1H3. The molecule has 1 heterocycles. The van der Waals surface area contributed by atoms with Gasteiger partial charge in [0.15, 0.2) is 0 Å². The molecule has 3 atom stereocenters. The highest BCUT2D eigenvalue weighted by Crippen LogP contribution is 2.45. The number of rotatable bonds is 2. The van der Waals surface area contributed by atoms with Gasteiger partial charge in [0, 0.05) is 12.1 Å².